The summed E-state index contributed by atoms with van der Waals surface area (Å²) in [5.41, 5.74) is 1.49. The van der Waals surface area contributed by atoms with Gasteiger partial charge in [0, 0.05) is 16.1 Å². The molecular weight excluding hydrogens is 279 g/mol. The van der Waals surface area contributed by atoms with Crippen LogP contribution in [0.2, 0.25) is 39.3 Å². The monoisotopic (exact) mass is 306 g/mol. The minimum Gasteiger partial charge on any atom is -0.0693 e. The van der Waals surface area contributed by atoms with Gasteiger partial charge in [0.25, 0.3) is 0 Å². The second kappa shape index (κ2) is 4.98. The Hall–Kier alpha value is -0.176. The van der Waals surface area contributed by atoms with Crippen LogP contribution in [0.3, 0.4) is 0 Å². The van der Waals surface area contributed by atoms with Gasteiger partial charge in [-0.25, -0.2) is 0 Å². The molecule has 0 unspecified atom stereocenters. The van der Waals surface area contributed by atoms with Crippen LogP contribution in [0.15, 0.2) is 35.6 Å². The van der Waals surface area contributed by atoms with Crippen molar-refractivity contribution in [1.29, 1.82) is 0 Å². The molecule has 1 aromatic carbocycles. The van der Waals surface area contributed by atoms with Crippen LogP contribution >= 0.6 is 7.92 Å². The Morgan fingerprint density at radius 3 is 1.74 bits per heavy atom. The molecule has 0 radical (unpaired) electrons. The molecule has 1 aliphatic rings. The largest absolute Gasteiger partial charge is 0.0693 e. The van der Waals surface area contributed by atoms with Gasteiger partial charge in [-0.1, -0.05) is 69.6 Å². The fourth-order valence-corrected chi connectivity index (χ4v) is 24.0. The lowest BCUT2D eigenvalue weighted by molar-refractivity contribution is 1.45. The first-order valence-corrected chi connectivity index (χ1v) is 15.8. The number of benzene rings is 1. The summed E-state index contributed by atoms with van der Waals surface area (Å²) in [7, 11) is -2.11. The summed E-state index contributed by atoms with van der Waals surface area (Å²) >= 11 is 0. The average molecular weight is 307 g/mol. The van der Waals surface area contributed by atoms with E-state index in [0.717, 1.165) is 4.91 Å². The predicted octanol–water partition coefficient (Wildman–Crippen LogP) is 5.99. The molecule has 104 valence electrons. The third-order valence-corrected chi connectivity index (χ3v) is 20.8. The fourth-order valence-electron chi connectivity index (χ4n) is 3.61. The summed E-state index contributed by atoms with van der Waals surface area (Å²) in [5, 5.41) is 3.46. The molecule has 0 amide bonds. The van der Waals surface area contributed by atoms with Gasteiger partial charge < -0.3 is 0 Å². The molecule has 0 saturated carbocycles. The first-order valence-electron chi connectivity index (χ1n) is 7.19. The van der Waals surface area contributed by atoms with E-state index in [-0.39, 0.29) is 7.92 Å². The summed E-state index contributed by atoms with van der Waals surface area (Å²) in [6.07, 6.45) is 0. The standard InChI is InChI=1S/C16H27PSi2/c1-13-15(14-11-9-8-10-12-14)17(13)16(18(2,3)4)19(5,6)7/h8-12,16H,1-7H3/t17-/m1/s1. The molecule has 0 spiro atoms. The Morgan fingerprint density at radius 1 is 0.842 bits per heavy atom. The summed E-state index contributed by atoms with van der Waals surface area (Å²) in [4.78, 5) is 1.03. The van der Waals surface area contributed by atoms with Crippen molar-refractivity contribution in [1.82, 2.24) is 0 Å². The van der Waals surface area contributed by atoms with Gasteiger partial charge in [-0.2, -0.15) is 0 Å². The third-order valence-electron chi connectivity index (χ3n) is 3.84. The molecule has 2 rings (SSSR count). The van der Waals surface area contributed by atoms with Gasteiger partial charge in [0.2, 0.25) is 0 Å². The lowest BCUT2D eigenvalue weighted by atomic mass is 10.2. The van der Waals surface area contributed by atoms with Gasteiger partial charge in [-0.05, 0) is 35.9 Å². The fraction of sp³-hybridized carbons (Fsp3) is 0.500. The number of allylic oxidation sites excluding steroid dienone is 1. The first-order chi connectivity index (χ1) is 8.64. The maximum absolute atomic E-state index is 2.58. The molecule has 0 fully saturated rings. The van der Waals surface area contributed by atoms with E-state index >= 15 is 0 Å². The van der Waals surface area contributed by atoms with Crippen LogP contribution in [-0.4, -0.2) is 21.1 Å². The lowest BCUT2D eigenvalue weighted by Gasteiger charge is -2.39. The van der Waals surface area contributed by atoms with Crippen molar-refractivity contribution in [2.75, 3.05) is 0 Å². The molecule has 1 aliphatic heterocycles. The highest BCUT2D eigenvalue weighted by molar-refractivity contribution is 7.86. The minimum atomic E-state index is -1.09. The second-order valence-corrected chi connectivity index (χ2v) is 22.3. The molecule has 3 heteroatoms. The average Bonchev–Trinajstić information content (AvgIpc) is 2.86. The molecule has 0 saturated heterocycles. The van der Waals surface area contributed by atoms with E-state index in [1.807, 2.05) is 0 Å². The number of hydrogen-bond donors (Lipinski definition) is 0. The van der Waals surface area contributed by atoms with Crippen LogP contribution in [0.1, 0.15) is 12.5 Å². The molecule has 0 bridgehead atoms. The molecule has 1 atom stereocenters. The SMILES string of the molecule is CC1=C(c2ccccc2)[P@]1C([Si](C)(C)C)[Si](C)(C)C. The van der Waals surface area contributed by atoms with Crippen LogP contribution in [0.5, 0.6) is 0 Å². The molecule has 1 aromatic rings. The quantitative estimate of drug-likeness (QED) is 0.473. The highest BCUT2D eigenvalue weighted by Gasteiger charge is 2.50. The van der Waals surface area contributed by atoms with Gasteiger partial charge in [0.05, 0.1) is 0 Å². The molecule has 0 nitrogen and oxygen atoms in total. The van der Waals surface area contributed by atoms with E-state index in [4.69, 9.17) is 0 Å². The van der Waals surface area contributed by atoms with Crippen LogP contribution in [0.25, 0.3) is 5.31 Å². The van der Waals surface area contributed by atoms with Crippen molar-refractivity contribution < 1.29 is 0 Å². The maximum atomic E-state index is 2.58. The van der Waals surface area contributed by atoms with E-state index < -0.39 is 16.1 Å². The van der Waals surface area contributed by atoms with Crippen molar-refractivity contribution in [3.05, 3.63) is 41.2 Å². The highest BCUT2D eigenvalue weighted by Crippen LogP contribution is 2.78. The van der Waals surface area contributed by atoms with Crippen molar-refractivity contribution in [3.63, 3.8) is 0 Å². The van der Waals surface area contributed by atoms with E-state index in [2.05, 4.69) is 76.5 Å². The summed E-state index contributed by atoms with van der Waals surface area (Å²) < 4.78 is 0. The topological polar surface area (TPSA) is 0 Å². The zero-order valence-corrected chi connectivity index (χ0v) is 16.3. The third kappa shape index (κ3) is 3.12. The molecule has 0 aliphatic carbocycles. The van der Waals surface area contributed by atoms with Crippen molar-refractivity contribution in [2.24, 2.45) is 0 Å². The molecule has 0 N–H and O–H groups in total. The minimum absolute atomic E-state index is 0.0658. The van der Waals surface area contributed by atoms with E-state index in [9.17, 15) is 0 Å². The summed E-state index contributed by atoms with van der Waals surface area (Å²) in [6.45, 7) is 17.8. The van der Waals surface area contributed by atoms with E-state index in [1.54, 1.807) is 10.6 Å². The second-order valence-electron chi connectivity index (χ2n) is 7.80. The van der Waals surface area contributed by atoms with Gasteiger partial charge >= 0.3 is 0 Å². The summed E-state index contributed by atoms with van der Waals surface area (Å²) in [5.74, 6) is 0. The zero-order chi connectivity index (χ0) is 14.4. The van der Waals surface area contributed by atoms with E-state index in [0.29, 0.717) is 0 Å². The smallest absolute Gasteiger partial charge is 0.0499 e. The van der Waals surface area contributed by atoms with Gasteiger partial charge in [0.15, 0.2) is 0 Å². The van der Waals surface area contributed by atoms with Gasteiger partial charge in [-0.15, -0.1) is 0 Å². The molecular formula is C16H27PSi2. The lowest BCUT2D eigenvalue weighted by Crippen LogP contribution is -2.51. The Balaban J connectivity index is 2.30. The molecule has 19 heavy (non-hydrogen) atoms. The van der Waals surface area contributed by atoms with E-state index in [1.165, 1.54) is 5.56 Å². The zero-order valence-electron chi connectivity index (χ0n) is 13.4. The Bertz CT molecular complexity index is 478. The number of hydrogen-bond acceptors (Lipinski definition) is 0. The Kier molecular flexibility index (Phi) is 3.99. The number of rotatable bonds is 4. The van der Waals surface area contributed by atoms with Gasteiger partial charge in [0.1, 0.15) is 0 Å². The molecule has 0 aromatic heterocycles. The summed E-state index contributed by atoms with van der Waals surface area (Å²) in [6, 6.07) is 11.1. The van der Waals surface area contributed by atoms with Crippen LogP contribution in [0.4, 0.5) is 0 Å². The highest BCUT2D eigenvalue weighted by atomic mass is 31.1. The first kappa shape index (κ1) is 15.2. The normalized spacial score (nSPS) is 20.1. The predicted molar refractivity (Wildman–Crippen MR) is 96.4 cm³/mol. The molecule has 1 heterocycles. The van der Waals surface area contributed by atoms with Crippen molar-refractivity contribution in [3.8, 4) is 0 Å². The van der Waals surface area contributed by atoms with Gasteiger partial charge in [-0.3, -0.25) is 0 Å². The Morgan fingerprint density at radius 2 is 1.32 bits per heavy atom. The van der Waals surface area contributed by atoms with Crippen LogP contribution in [-0.2, 0) is 0 Å². The maximum Gasteiger partial charge on any atom is 0.0499 e. The van der Waals surface area contributed by atoms with Crippen molar-refractivity contribution in [2.45, 2.75) is 51.1 Å². The van der Waals surface area contributed by atoms with Crippen LogP contribution in [0, 0.1) is 0 Å². The Labute approximate surface area is 122 Å². The van der Waals surface area contributed by atoms with Crippen LogP contribution < -0.4 is 0 Å². The van der Waals surface area contributed by atoms with Crippen molar-refractivity contribution >= 4 is 29.4 Å².